The smallest absolute Gasteiger partial charge is 0.249 e. The molecule has 0 atom stereocenters. The molecule has 3 aromatic rings. The Kier molecular flexibility index (Phi) is 3.99. The highest BCUT2D eigenvalue weighted by atomic mass is 35.5. The summed E-state index contributed by atoms with van der Waals surface area (Å²) in [6, 6.07) is 11.2. The molecular weight excluding hydrogens is 342 g/mol. The molecule has 0 unspecified atom stereocenters. The molecule has 0 fully saturated rings. The zero-order valence-electron chi connectivity index (χ0n) is 13.3. The molecule has 1 aliphatic heterocycles. The zero-order chi connectivity index (χ0) is 17.2. The number of nitrogens with one attached hydrogen (secondary N) is 2. The van der Waals surface area contributed by atoms with Crippen molar-refractivity contribution in [3.63, 3.8) is 0 Å². The average Bonchev–Trinajstić information content (AvgIpc) is 3.06. The number of halogens is 1. The first-order chi connectivity index (χ1) is 12.2. The first-order valence-corrected chi connectivity index (χ1v) is 7.95. The SMILES string of the molecule is Cc1ccc(Nc2nncc(Nc3ccc4c(c3)OCO4)n2)cc1Cl. The van der Waals surface area contributed by atoms with Crippen LogP contribution in [0.5, 0.6) is 11.5 Å². The Morgan fingerprint density at radius 1 is 1.00 bits per heavy atom. The molecule has 1 aliphatic rings. The summed E-state index contributed by atoms with van der Waals surface area (Å²) >= 11 is 6.13. The van der Waals surface area contributed by atoms with E-state index in [0.29, 0.717) is 22.5 Å². The second-order valence-electron chi connectivity index (χ2n) is 5.45. The molecule has 8 heteroatoms. The van der Waals surface area contributed by atoms with Gasteiger partial charge in [0, 0.05) is 22.5 Å². The lowest BCUT2D eigenvalue weighted by Gasteiger charge is -2.09. The molecule has 0 saturated heterocycles. The van der Waals surface area contributed by atoms with E-state index < -0.39 is 0 Å². The fraction of sp³-hybridized carbons (Fsp3) is 0.118. The molecule has 0 radical (unpaired) electrons. The molecule has 0 spiro atoms. The van der Waals surface area contributed by atoms with Crippen LogP contribution in [0.25, 0.3) is 0 Å². The van der Waals surface area contributed by atoms with E-state index in [0.717, 1.165) is 22.7 Å². The summed E-state index contributed by atoms with van der Waals surface area (Å²) in [6.45, 7) is 2.18. The fourth-order valence-electron chi connectivity index (χ4n) is 2.34. The molecule has 4 rings (SSSR count). The van der Waals surface area contributed by atoms with Crippen molar-refractivity contribution < 1.29 is 9.47 Å². The van der Waals surface area contributed by atoms with Gasteiger partial charge in [-0.3, -0.25) is 0 Å². The van der Waals surface area contributed by atoms with Gasteiger partial charge in [0.05, 0.1) is 6.20 Å². The second kappa shape index (κ2) is 6.45. The number of hydrogen-bond donors (Lipinski definition) is 2. The number of fused-ring (bicyclic) bond motifs is 1. The van der Waals surface area contributed by atoms with Gasteiger partial charge in [0.15, 0.2) is 17.3 Å². The summed E-state index contributed by atoms with van der Waals surface area (Å²) in [5.41, 5.74) is 2.61. The summed E-state index contributed by atoms with van der Waals surface area (Å²) in [5.74, 6) is 2.34. The summed E-state index contributed by atoms with van der Waals surface area (Å²) in [5, 5.41) is 14.9. The van der Waals surface area contributed by atoms with E-state index in [9.17, 15) is 0 Å². The molecule has 2 aromatic carbocycles. The molecule has 0 bridgehead atoms. The van der Waals surface area contributed by atoms with E-state index >= 15 is 0 Å². The van der Waals surface area contributed by atoms with Gasteiger partial charge < -0.3 is 20.1 Å². The van der Waals surface area contributed by atoms with Gasteiger partial charge in [0.25, 0.3) is 0 Å². The number of aromatic nitrogens is 3. The second-order valence-corrected chi connectivity index (χ2v) is 5.85. The van der Waals surface area contributed by atoms with Gasteiger partial charge in [-0.05, 0) is 36.8 Å². The van der Waals surface area contributed by atoms with Crippen LogP contribution in [0.2, 0.25) is 5.02 Å². The van der Waals surface area contributed by atoms with E-state index in [-0.39, 0.29) is 6.79 Å². The van der Waals surface area contributed by atoms with E-state index in [4.69, 9.17) is 21.1 Å². The lowest BCUT2D eigenvalue weighted by molar-refractivity contribution is 0.174. The quantitative estimate of drug-likeness (QED) is 0.730. The number of ether oxygens (including phenoxy) is 2. The highest BCUT2D eigenvalue weighted by Gasteiger charge is 2.13. The lowest BCUT2D eigenvalue weighted by atomic mass is 10.2. The van der Waals surface area contributed by atoms with Crippen molar-refractivity contribution in [2.24, 2.45) is 0 Å². The largest absolute Gasteiger partial charge is 0.454 e. The van der Waals surface area contributed by atoms with Crippen molar-refractivity contribution in [3.05, 3.63) is 53.2 Å². The Morgan fingerprint density at radius 2 is 1.80 bits per heavy atom. The molecule has 0 amide bonds. The fourth-order valence-corrected chi connectivity index (χ4v) is 2.52. The van der Waals surface area contributed by atoms with Gasteiger partial charge >= 0.3 is 0 Å². The molecule has 126 valence electrons. The monoisotopic (exact) mass is 355 g/mol. The average molecular weight is 356 g/mol. The topological polar surface area (TPSA) is 81.2 Å². The molecule has 2 N–H and O–H groups in total. The van der Waals surface area contributed by atoms with E-state index in [1.54, 1.807) is 0 Å². The Hall–Kier alpha value is -3.06. The van der Waals surface area contributed by atoms with Crippen molar-refractivity contribution in [2.75, 3.05) is 17.4 Å². The van der Waals surface area contributed by atoms with E-state index in [1.807, 2.05) is 43.3 Å². The maximum atomic E-state index is 6.13. The van der Waals surface area contributed by atoms with Crippen molar-refractivity contribution in [3.8, 4) is 11.5 Å². The van der Waals surface area contributed by atoms with Crippen molar-refractivity contribution >= 4 is 34.7 Å². The van der Waals surface area contributed by atoms with Crippen molar-refractivity contribution in [1.29, 1.82) is 0 Å². The maximum Gasteiger partial charge on any atom is 0.249 e. The molecule has 25 heavy (non-hydrogen) atoms. The molecule has 2 heterocycles. The predicted octanol–water partition coefficient (Wildman–Crippen LogP) is 4.05. The molecule has 0 aliphatic carbocycles. The Labute approximate surface area is 149 Å². The van der Waals surface area contributed by atoms with Gasteiger partial charge in [-0.2, -0.15) is 10.1 Å². The van der Waals surface area contributed by atoms with Crippen LogP contribution in [0.1, 0.15) is 5.56 Å². The normalized spacial score (nSPS) is 12.1. The minimum atomic E-state index is 0.237. The standard InChI is InChI=1S/C17H14ClN5O2/c1-10-2-3-11(6-13(10)18)21-17-22-16(8-19-23-17)20-12-4-5-14-15(7-12)25-9-24-14/h2-8H,9H2,1H3,(H2,20,21,22,23). The molecular formula is C17H14ClN5O2. The van der Waals surface area contributed by atoms with Crippen LogP contribution in [0.3, 0.4) is 0 Å². The Morgan fingerprint density at radius 3 is 2.68 bits per heavy atom. The summed E-state index contributed by atoms with van der Waals surface area (Å²) < 4.78 is 10.7. The van der Waals surface area contributed by atoms with Gasteiger partial charge in [-0.1, -0.05) is 17.7 Å². The van der Waals surface area contributed by atoms with Gasteiger partial charge in [0.1, 0.15) is 0 Å². The van der Waals surface area contributed by atoms with E-state index in [2.05, 4.69) is 25.8 Å². The Balaban J connectivity index is 1.52. The van der Waals surface area contributed by atoms with E-state index in [1.165, 1.54) is 6.20 Å². The van der Waals surface area contributed by atoms with Crippen LogP contribution in [0.4, 0.5) is 23.1 Å². The van der Waals surface area contributed by atoms with Crippen molar-refractivity contribution in [1.82, 2.24) is 15.2 Å². The number of rotatable bonds is 4. The maximum absolute atomic E-state index is 6.13. The van der Waals surface area contributed by atoms with Gasteiger partial charge in [-0.15, -0.1) is 5.10 Å². The van der Waals surface area contributed by atoms with Gasteiger partial charge in [-0.25, -0.2) is 0 Å². The van der Waals surface area contributed by atoms with Crippen LogP contribution in [-0.2, 0) is 0 Å². The van der Waals surface area contributed by atoms with Gasteiger partial charge in [0.2, 0.25) is 12.7 Å². The van der Waals surface area contributed by atoms with Crippen LogP contribution < -0.4 is 20.1 Å². The van der Waals surface area contributed by atoms with Crippen LogP contribution in [-0.4, -0.2) is 22.0 Å². The minimum absolute atomic E-state index is 0.237. The first kappa shape index (κ1) is 15.5. The third-order valence-corrected chi connectivity index (χ3v) is 4.04. The molecule has 1 aromatic heterocycles. The number of anilines is 4. The third-order valence-electron chi connectivity index (χ3n) is 3.63. The summed E-state index contributed by atoms with van der Waals surface area (Å²) in [6.07, 6.45) is 1.54. The lowest BCUT2D eigenvalue weighted by Crippen LogP contribution is -2.02. The van der Waals surface area contributed by atoms with Crippen molar-refractivity contribution in [2.45, 2.75) is 6.92 Å². The highest BCUT2D eigenvalue weighted by molar-refractivity contribution is 6.31. The predicted molar refractivity (Wildman–Crippen MR) is 95.1 cm³/mol. The number of aryl methyl sites for hydroxylation is 1. The number of benzene rings is 2. The summed E-state index contributed by atoms with van der Waals surface area (Å²) in [7, 11) is 0. The molecule has 7 nitrogen and oxygen atoms in total. The highest BCUT2D eigenvalue weighted by Crippen LogP contribution is 2.34. The van der Waals surface area contributed by atoms with Crippen LogP contribution in [0, 0.1) is 6.92 Å². The first-order valence-electron chi connectivity index (χ1n) is 7.57. The van der Waals surface area contributed by atoms with Crippen LogP contribution >= 0.6 is 11.6 Å². The van der Waals surface area contributed by atoms with Crippen LogP contribution in [0.15, 0.2) is 42.6 Å². The summed E-state index contributed by atoms with van der Waals surface area (Å²) in [4.78, 5) is 4.40. The molecule has 0 saturated carbocycles. The number of hydrogen-bond acceptors (Lipinski definition) is 7. The minimum Gasteiger partial charge on any atom is -0.454 e. The third kappa shape index (κ3) is 3.41. The number of nitrogens with zero attached hydrogens (tertiary/aromatic N) is 3. The zero-order valence-corrected chi connectivity index (χ0v) is 14.0. The Bertz CT molecular complexity index is 935.